The summed E-state index contributed by atoms with van der Waals surface area (Å²) in [5, 5.41) is 16.5. The van der Waals surface area contributed by atoms with E-state index in [2.05, 4.69) is 62.4 Å². The molecule has 2 N–H and O–H groups in total. The third-order valence-electron chi connectivity index (χ3n) is 3.18. The van der Waals surface area contributed by atoms with E-state index in [0.717, 1.165) is 12.8 Å². The predicted molar refractivity (Wildman–Crippen MR) is 95.0 cm³/mol. The number of benzene rings is 2. The molecule has 2 nitrogen and oxygen atoms in total. The Bertz CT molecular complexity index is 396. The summed E-state index contributed by atoms with van der Waals surface area (Å²) in [6.07, 6.45) is 2.41. The van der Waals surface area contributed by atoms with Gasteiger partial charge in [0.05, 0.1) is 12.7 Å². The average molecular weight is 302 g/mol. The lowest BCUT2D eigenvalue weighted by Gasteiger charge is -1.97. The van der Waals surface area contributed by atoms with E-state index in [1.165, 1.54) is 11.1 Å². The maximum absolute atomic E-state index is 8.42. The number of rotatable bonds is 4. The summed E-state index contributed by atoms with van der Waals surface area (Å²) in [5.41, 5.74) is 2.82. The molecule has 0 saturated carbocycles. The Kier molecular flexibility index (Phi) is 13.2. The van der Waals surface area contributed by atoms with Crippen LogP contribution in [0.4, 0.5) is 0 Å². The van der Waals surface area contributed by atoms with Crippen molar-refractivity contribution in [1.29, 1.82) is 0 Å². The van der Waals surface area contributed by atoms with Gasteiger partial charge in [0.15, 0.2) is 0 Å². The van der Waals surface area contributed by atoms with Gasteiger partial charge in [-0.15, -0.1) is 0 Å². The highest BCUT2D eigenvalue weighted by Crippen LogP contribution is 1.97. The number of hydrogen-bond acceptors (Lipinski definition) is 2. The number of aliphatic hydroxyl groups excluding tert-OH is 2. The fourth-order valence-electron chi connectivity index (χ4n) is 1.56. The van der Waals surface area contributed by atoms with E-state index in [0.29, 0.717) is 6.42 Å². The molecule has 0 aliphatic heterocycles. The van der Waals surface area contributed by atoms with E-state index in [-0.39, 0.29) is 6.61 Å². The molecule has 0 aliphatic rings. The maximum Gasteiger partial charge on any atom is 0.0768 e. The normalized spacial score (nSPS) is 10.6. The van der Waals surface area contributed by atoms with E-state index in [9.17, 15) is 0 Å². The third-order valence-corrected chi connectivity index (χ3v) is 3.18. The Morgan fingerprint density at radius 1 is 0.727 bits per heavy atom. The van der Waals surface area contributed by atoms with Crippen LogP contribution in [0.1, 0.15) is 38.3 Å². The van der Waals surface area contributed by atoms with Crippen LogP contribution in [0.3, 0.4) is 0 Å². The molecule has 0 fully saturated rings. The van der Waals surface area contributed by atoms with Crippen LogP contribution in [0.15, 0.2) is 60.7 Å². The van der Waals surface area contributed by atoms with E-state index in [1.54, 1.807) is 0 Å². The molecule has 1 atom stereocenters. The minimum Gasteiger partial charge on any atom is -0.394 e. The summed E-state index contributed by atoms with van der Waals surface area (Å²) in [6, 6.07) is 20.9. The summed E-state index contributed by atoms with van der Waals surface area (Å²) in [7, 11) is 0. The van der Waals surface area contributed by atoms with Gasteiger partial charge in [-0.3, -0.25) is 0 Å². The second kappa shape index (κ2) is 14.3. The van der Waals surface area contributed by atoms with Crippen LogP contribution < -0.4 is 0 Å². The van der Waals surface area contributed by atoms with Gasteiger partial charge in [0.1, 0.15) is 0 Å². The molecule has 0 amide bonds. The van der Waals surface area contributed by atoms with Gasteiger partial charge in [0.2, 0.25) is 0 Å². The van der Waals surface area contributed by atoms with Gasteiger partial charge in [0, 0.05) is 0 Å². The molecular weight excluding hydrogens is 272 g/mol. The van der Waals surface area contributed by atoms with E-state index >= 15 is 0 Å². The predicted octanol–water partition coefficient (Wildman–Crippen LogP) is 4.25. The van der Waals surface area contributed by atoms with Gasteiger partial charge in [-0.05, 0) is 30.4 Å². The molecule has 0 heterocycles. The Labute approximate surface area is 135 Å². The van der Waals surface area contributed by atoms with Gasteiger partial charge >= 0.3 is 0 Å². The zero-order valence-corrected chi connectivity index (χ0v) is 14.1. The lowest BCUT2D eigenvalue weighted by molar-refractivity contribution is 0.0923. The Morgan fingerprint density at radius 2 is 1.09 bits per heavy atom. The summed E-state index contributed by atoms with van der Waals surface area (Å²) in [6.45, 7) is 6.03. The van der Waals surface area contributed by atoms with Gasteiger partial charge in [-0.2, -0.15) is 0 Å². The molecule has 0 bridgehead atoms. The standard InChI is InChI=1S/2C8H10.C4H10O2/c2*1-2-8-6-4-3-5-7-8;1-2-4(6)3-5/h2*3-7H,2H2,1H3;4-6H,2-3H2,1H3. The van der Waals surface area contributed by atoms with Gasteiger partial charge < -0.3 is 10.2 Å². The maximum atomic E-state index is 8.42. The van der Waals surface area contributed by atoms with Crippen molar-refractivity contribution in [2.75, 3.05) is 6.61 Å². The van der Waals surface area contributed by atoms with E-state index < -0.39 is 6.10 Å². The topological polar surface area (TPSA) is 40.5 Å². The van der Waals surface area contributed by atoms with Crippen molar-refractivity contribution >= 4 is 0 Å². The van der Waals surface area contributed by atoms with Crippen LogP contribution in [-0.2, 0) is 12.8 Å². The molecule has 0 spiro atoms. The van der Waals surface area contributed by atoms with Crippen molar-refractivity contribution in [3.63, 3.8) is 0 Å². The fraction of sp³-hybridized carbons (Fsp3) is 0.400. The lowest BCUT2D eigenvalue weighted by Crippen LogP contribution is -2.08. The second-order valence-corrected chi connectivity index (χ2v) is 4.92. The van der Waals surface area contributed by atoms with E-state index in [1.807, 2.05) is 19.1 Å². The molecule has 2 rings (SSSR count). The number of hydrogen-bond donors (Lipinski definition) is 2. The smallest absolute Gasteiger partial charge is 0.0768 e. The van der Waals surface area contributed by atoms with Crippen molar-refractivity contribution in [2.45, 2.75) is 46.1 Å². The Balaban J connectivity index is 0.000000306. The van der Waals surface area contributed by atoms with Crippen molar-refractivity contribution in [1.82, 2.24) is 0 Å². The summed E-state index contributed by atoms with van der Waals surface area (Å²) >= 11 is 0. The molecule has 0 radical (unpaired) electrons. The number of aliphatic hydroxyl groups is 2. The van der Waals surface area contributed by atoms with Gasteiger partial charge in [-0.25, -0.2) is 0 Å². The molecule has 0 aliphatic carbocycles. The van der Waals surface area contributed by atoms with Crippen molar-refractivity contribution in [3.8, 4) is 0 Å². The molecule has 2 heteroatoms. The molecule has 0 saturated heterocycles. The molecule has 122 valence electrons. The monoisotopic (exact) mass is 302 g/mol. The van der Waals surface area contributed by atoms with Gasteiger partial charge in [-0.1, -0.05) is 81.4 Å². The quantitative estimate of drug-likeness (QED) is 0.886. The van der Waals surface area contributed by atoms with Crippen LogP contribution in [0.25, 0.3) is 0 Å². The molecule has 0 aromatic heterocycles. The van der Waals surface area contributed by atoms with Crippen LogP contribution in [0.5, 0.6) is 0 Å². The Morgan fingerprint density at radius 3 is 1.23 bits per heavy atom. The zero-order chi connectivity index (χ0) is 16.6. The highest BCUT2D eigenvalue weighted by molar-refractivity contribution is 5.14. The second-order valence-electron chi connectivity index (χ2n) is 4.92. The fourth-order valence-corrected chi connectivity index (χ4v) is 1.56. The largest absolute Gasteiger partial charge is 0.394 e. The van der Waals surface area contributed by atoms with Crippen LogP contribution in [0, 0.1) is 0 Å². The Hall–Kier alpha value is -1.64. The minimum absolute atomic E-state index is 0.115. The first-order valence-corrected chi connectivity index (χ1v) is 8.04. The SMILES string of the molecule is CCC(O)CO.CCc1ccccc1.CCc1ccccc1. The number of aryl methyl sites for hydroxylation is 2. The summed E-state index contributed by atoms with van der Waals surface area (Å²) < 4.78 is 0. The third kappa shape index (κ3) is 11.1. The molecule has 1 unspecified atom stereocenters. The highest BCUT2D eigenvalue weighted by Gasteiger charge is 1.92. The summed E-state index contributed by atoms with van der Waals surface area (Å²) in [4.78, 5) is 0. The molecule has 22 heavy (non-hydrogen) atoms. The van der Waals surface area contributed by atoms with E-state index in [4.69, 9.17) is 10.2 Å². The average Bonchev–Trinajstić information content (AvgIpc) is 2.63. The van der Waals surface area contributed by atoms with Gasteiger partial charge in [0.25, 0.3) is 0 Å². The van der Waals surface area contributed by atoms with Crippen LogP contribution >= 0.6 is 0 Å². The first-order chi connectivity index (χ1) is 10.7. The first kappa shape index (κ1) is 20.4. The zero-order valence-electron chi connectivity index (χ0n) is 14.1. The van der Waals surface area contributed by atoms with Crippen molar-refractivity contribution < 1.29 is 10.2 Å². The minimum atomic E-state index is -0.509. The van der Waals surface area contributed by atoms with Crippen LogP contribution in [-0.4, -0.2) is 22.9 Å². The molecular formula is C20H30O2. The first-order valence-electron chi connectivity index (χ1n) is 8.04. The van der Waals surface area contributed by atoms with Crippen LogP contribution in [0.2, 0.25) is 0 Å². The molecule has 2 aromatic carbocycles. The van der Waals surface area contributed by atoms with Crippen molar-refractivity contribution in [3.05, 3.63) is 71.8 Å². The highest BCUT2D eigenvalue weighted by atomic mass is 16.3. The van der Waals surface area contributed by atoms with Crippen molar-refractivity contribution in [2.24, 2.45) is 0 Å². The lowest BCUT2D eigenvalue weighted by atomic mass is 10.2. The summed E-state index contributed by atoms with van der Waals surface area (Å²) in [5.74, 6) is 0. The molecule has 2 aromatic rings.